The predicted molar refractivity (Wildman–Crippen MR) is 145 cm³/mol. The number of nitrogens with zero attached hydrogens (tertiary/aromatic N) is 1. The highest BCUT2D eigenvalue weighted by atomic mass is 19.1. The zero-order valence-electron chi connectivity index (χ0n) is 21.2. The quantitative estimate of drug-likeness (QED) is 0.305. The number of aryl methyl sites for hydroxylation is 1. The van der Waals surface area contributed by atoms with Crippen LogP contribution in [0.1, 0.15) is 61.3 Å². The third-order valence-electron chi connectivity index (χ3n) is 6.86. The fourth-order valence-electron chi connectivity index (χ4n) is 4.83. The van der Waals surface area contributed by atoms with E-state index in [1.54, 1.807) is 17.0 Å². The van der Waals surface area contributed by atoms with Crippen LogP contribution in [0.4, 0.5) is 4.39 Å². The highest BCUT2D eigenvalue weighted by Crippen LogP contribution is 2.26. The molecule has 2 amide bonds. The second-order valence-electron chi connectivity index (χ2n) is 9.60. The van der Waals surface area contributed by atoms with E-state index in [0.29, 0.717) is 13.0 Å². The molecule has 0 bridgehead atoms. The molecule has 37 heavy (non-hydrogen) atoms. The van der Waals surface area contributed by atoms with Crippen molar-refractivity contribution in [2.24, 2.45) is 0 Å². The lowest BCUT2D eigenvalue weighted by atomic mass is 9.97. The van der Waals surface area contributed by atoms with Gasteiger partial charge in [-0.1, -0.05) is 84.4 Å². The molecule has 1 aliphatic carbocycles. The molecule has 192 valence electrons. The van der Waals surface area contributed by atoms with Crippen LogP contribution in [0, 0.1) is 5.82 Å². The molecule has 4 nitrogen and oxygen atoms in total. The number of nitrogens with one attached hydrogen (secondary N) is 1. The maximum Gasteiger partial charge on any atom is 0.247 e. The van der Waals surface area contributed by atoms with E-state index < -0.39 is 6.04 Å². The summed E-state index contributed by atoms with van der Waals surface area (Å²) in [5.41, 5.74) is 3.99. The van der Waals surface area contributed by atoms with Gasteiger partial charge in [0.05, 0.1) is 0 Å². The molecule has 0 fully saturated rings. The SMILES string of the molecule is O=C(NCCC1=CCCCC1)C(c1ccccc1)N(Cc1ccc(F)cc1)C(=O)CCc1ccccc1. The summed E-state index contributed by atoms with van der Waals surface area (Å²) < 4.78 is 13.6. The van der Waals surface area contributed by atoms with Gasteiger partial charge in [0.2, 0.25) is 11.8 Å². The minimum absolute atomic E-state index is 0.118. The standard InChI is InChI=1S/C32H35FN2O2/c33-29-19-16-27(17-20-29)24-35(30(36)21-18-25-10-4-1-5-11-25)31(28-14-8-3-9-15-28)32(37)34-23-22-26-12-6-2-7-13-26/h1,3-5,8-12,14-17,19-20,31H,2,6-7,13,18,21-24H2,(H,34,37). The van der Waals surface area contributed by atoms with Gasteiger partial charge in [-0.3, -0.25) is 9.59 Å². The van der Waals surface area contributed by atoms with Gasteiger partial charge in [0, 0.05) is 19.5 Å². The highest BCUT2D eigenvalue weighted by molar-refractivity contribution is 5.88. The van der Waals surface area contributed by atoms with E-state index in [-0.39, 0.29) is 30.6 Å². The lowest BCUT2D eigenvalue weighted by Gasteiger charge is -2.32. The number of rotatable bonds is 11. The van der Waals surface area contributed by atoms with Crippen molar-refractivity contribution in [2.75, 3.05) is 6.54 Å². The van der Waals surface area contributed by atoms with Crippen LogP contribution in [0.2, 0.25) is 0 Å². The Balaban J connectivity index is 1.56. The number of amides is 2. The molecule has 1 N–H and O–H groups in total. The zero-order valence-corrected chi connectivity index (χ0v) is 21.2. The van der Waals surface area contributed by atoms with Crippen LogP contribution in [0.3, 0.4) is 0 Å². The number of allylic oxidation sites excluding steroid dienone is 1. The van der Waals surface area contributed by atoms with E-state index in [9.17, 15) is 14.0 Å². The molecule has 0 saturated carbocycles. The summed E-state index contributed by atoms with van der Waals surface area (Å²) in [6.07, 6.45) is 8.60. The summed E-state index contributed by atoms with van der Waals surface area (Å²) in [5, 5.41) is 3.10. The third-order valence-corrected chi connectivity index (χ3v) is 6.86. The van der Waals surface area contributed by atoms with Crippen LogP contribution in [-0.2, 0) is 22.6 Å². The van der Waals surface area contributed by atoms with Crippen LogP contribution in [0.25, 0.3) is 0 Å². The van der Waals surface area contributed by atoms with Gasteiger partial charge in [-0.2, -0.15) is 0 Å². The average Bonchev–Trinajstić information content (AvgIpc) is 2.94. The first kappa shape index (κ1) is 26.3. The molecule has 0 aliphatic heterocycles. The predicted octanol–water partition coefficient (Wildman–Crippen LogP) is 6.54. The molecule has 1 atom stereocenters. The van der Waals surface area contributed by atoms with Crippen molar-refractivity contribution in [1.82, 2.24) is 10.2 Å². The maximum absolute atomic E-state index is 13.7. The van der Waals surface area contributed by atoms with E-state index in [2.05, 4.69) is 11.4 Å². The molecular formula is C32H35FN2O2. The van der Waals surface area contributed by atoms with Gasteiger partial charge in [0.25, 0.3) is 0 Å². The molecule has 3 aromatic carbocycles. The number of benzene rings is 3. The van der Waals surface area contributed by atoms with Crippen LogP contribution < -0.4 is 5.32 Å². The molecule has 5 heteroatoms. The summed E-state index contributed by atoms with van der Waals surface area (Å²) in [5.74, 6) is -0.648. The smallest absolute Gasteiger partial charge is 0.247 e. The Morgan fingerprint density at radius 3 is 2.22 bits per heavy atom. The fourth-order valence-corrected chi connectivity index (χ4v) is 4.83. The zero-order chi connectivity index (χ0) is 25.9. The Morgan fingerprint density at radius 2 is 1.54 bits per heavy atom. The Kier molecular flexibility index (Phi) is 9.64. The first-order valence-electron chi connectivity index (χ1n) is 13.2. The normalized spacial score (nSPS) is 13.9. The van der Waals surface area contributed by atoms with Crippen molar-refractivity contribution in [3.8, 4) is 0 Å². The van der Waals surface area contributed by atoms with Crippen molar-refractivity contribution in [2.45, 2.75) is 57.5 Å². The summed E-state index contributed by atoms with van der Waals surface area (Å²) in [6, 6.07) is 24.6. The first-order chi connectivity index (χ1) is 18.1. The highest BCUT2D eigenvalue weighted by Gasteiger charge is 2.31. The molecule has 0 spiro atoms. The van der Waals surface area contributed by atoms with Gasteiger partial charge in [-0.05, 0) is 67.3 Å². The van der Waals surface area contributed by atoms with E-state index in [0.717, 1.165) is 36.0 Å². The Hall–Kier alpha value is -3.73. The molecule has 0 aromatic heterocycles. The molecule has 0 saturated heterocycles. The Bertz CT molecular complexity index is 1180. The van der Waals surface area contributed by atoms with E-state index in [4.69, 9.17) is 0 Å². The molecular weight excluding hydrogens is 463 g/mol. The summed E-state index contributed by atoms with van der Waals surface area (Å²) in [4.78, 5) is 29.0. The van der Waals surface area contributed by atoms with Crippen LogP contribution in [-0.4, -0.2) is 23.3 Å². The van der Waals surface area contributed by atoms with Gasteiger partial charge in [0.15, 0.2) is 0 Å². The first-order valence-corrected chi connectivity index (χ1v) is 13.2. The van der Waals surface area contributed by atoms with Gasteiger partial charge >= 0.3 is 0 Å². The van der Waals surface area contributed by atoms with Crippen molar-refractivity contribution >= 4 is 11.8 Å². The van der Waals surface area contributed by atoms with Gasteiger partial charge in [-0.25, -0.2) is 4.39 Å². The van der Waals surface area contributed by atoms with E-state index in [1.807, 2.05) is 60.7 Å². The number of carbonyl (C=O) groups excluding carboxylic acids is 2. The molecule has 1 aliphatic rings. The van der Waals surface area contributed by atoms with Gasteiger partial charge < -0.3 is 10.2 Å². The Morgan fingerprint density at radius 1 is 0.838 bits per heavy atom. The molecule has 0 heterocycles. The minimum atomic E-state index is -0.783. The lowest BCUT2D eigenvalue weighted by Crippen LogP contribution is -2.43. The monoisotopic (exact) mass is 498 g/mol. The van der Waals surface area contributed by atoms with E-state index in [1.165, 1.54) is 30.5 Å². The van der Waals surface area contributed by atoms with Gasteiger partial charge in [0.1, 0.15) is 11.9 Å². The van der Waals surface area contributed by atoms with Crippen LogP contribution in [0.5, 0.6) is 0 Å². The van der Waals surface area contributed by atoms with Crippen molar-refractivity contribution in [3.05, 3.63) is 119 Å². The van der Waals surface area contributed by atoms with Crippen LogP contribution >= 0.6 is 0 Å². The summed E-state index contributed by atoms with van der Waals surface area (Å²) in [7, 11) is 0. The topological polar surface area (TPSA) is 49.4 Å². The molecule has 4 rings (SSSR count). The lowest BCUT2D eigenvalue weighted by molar-refractivity contribution is -0.141. The third kappa shape index (κ3) is 7.88. The number of carbonyl (C=O) groups is 2. The second-order valence-corrected chi connectivity index (χ2v) is 9.60. The Labute approximate surface area is 219 Å². The fraction of sp³-hybridized carbons (Fsp3) is 0.312. The molecule has 1 unspecified atom stereocenters. The number of hydrogen-bond acceptors (Lipinski definition) is 2. The van der Waals surface area contributed by atoms with Gasteiger partial charge in [-0.15, -0.1) is 0 Å². The van der Waals surface area contributed by atoms with Crippen molar-refractivity contribution in [1.29, 1.82) is 0 Å². The molecule has 0 radical (unpaired) electrons. The van der Waals surface area contributed by atoms with Crippen molar-refractivity contribution in [3.63, 3.8) is 0 Å². The number of halogens is 1. The van der Waals surface area contributed by atoms with E-state index >= 15 is 0 Å². The van der Waals surface area contributed by atoms with Crippen LogP contribution in [0.15, 0.2) is 96.6 Å². The largest absolute Gasteiger partial charge is 0.354 e. The maximum atomic E-state index is 13.7. The summed E-state index contributed by atoms with van der Waals surface area (Å²) >= 11 is 0. The summed E-state index contributed by atoms with van der Waals surface area (Å²) in [6.45, 7) is 0.753. The number of hydrogen-bond donors (Lipinski definition) is 1. The molecule has 3 aromatic rings. The average molecular weight is 499 g/mol. The second kappa shape index (κ2) is 13.5. The minimum Gasteiger partial charge on any atom is -0.354 e. The van der Waals surface area contributed by atoms with Crippen molar-refractivity contribution < 1.29 is 14.0 Å².